The van der Waals surface area contributed by atoms with E-state index < -0.39 is 0 Å². The van der Waals surface area contributed by atoms with Crippen molar-refractivity contribution in [1.82, 2.24) is 4.98 Å². The van der Waals surface area contributed by atoms with E-state index in [9.17, 15) is 0 Å². The molecule has 0 saturated heterocycles. The van der Waals surface area contributed by atoms with Gasteiger partial charge < -0.3 is 4.98 Å². The van der Waals surface area contributed by atoms with E-state index in [1.165, 1.54) is 44.2 Å². The summed E-state index contributed by atoms with van der Waals surface area (Å²) in [5.41, 5.74) is 1.19. The molecule has 0 bridgehead atoms. The Morgan fingerprint density at radius 3 is 2.35 bits per heavy atom. The van der Waals surface area contributed by atoms with E-state index in [0.29, 0.717) is 0 Å². The van der Waals surface area contributed by atoms with Gasteiger partial charge in [-0.05, 0) is 56.7 Å². The van der Waals surface area contributed by atoms with Crippen LogP contribution in [0.2, 0.25) is 0 Å². The Morgan fingerprint density at radius 1 is 0.900 bits per heavy atom. The van der Waals surface area contributed by atoms with E-state index in [1.807, 2.05) is 12.3 Å². The lowest BCUT2D eigenvalue weighted by Gasteiger charge is -1.92. The highest BCUT2D eigenvalue weighted by molar-refractivity contribution is 5.43. The maximum absolute atomic E-state index is 3.17. The van der Waals surface area contributed by atoms with Crippen molar-refractivity contribution in [3.05, 3.63) is 54.4 Å². The predicted molar refractivity (Wildman–Crippen MR) is 90.7 cm³/mol. The van der Waals surface area contributed by atoms with Crippen LogP contribution < -0.4 is 0 Å². The third-order valence-corrected chi connectivity index (χ3v) is 3.24. The molecule has 1 nitrogen and oxygen atoms in total. The van der Waals surface area contributed by atoms with Crippen LogP contribution in [0.5, 0.6) is 0 Å². The van der Waals surface area contributed by atoms with Gasteiger partial charge in [-0.3, -0.25) is 0 Å². The van der Waals surface area contributed by atoms with Gasteiger partial charge >= 0.3 is 0 Å². The molecule has 1 aromatic heterocycles. The SMILES string of the molecule is CCCCC/C=C\C/C=C\CCC/C=C/c1ccc[nH]1. The van der Waals surface area contributed by atoms with Gasteiger partial charge in [0.05, 0.1) is 0 Å². The zero-order chi connectivity index (χ0) is 14.3. The van der Waals surface area contributed by atoms with Crippen molar-refractivity contribution in [2.75, 3.05) is 0 Å². The van der Waals surface area contributed by atoms with E-state index in [0.717, 1.165) is 12.8 Å². The zero-order valence-corrected chi connectivity index (χ0v) is 12.9. The Kier molecular flexibility index (Phi) is 10.4. The fourth-order valence-electron chi connectivity index (χ4n) is 2.03. The number of aromatic amines is 1. The summed E-state index contributed by atoms with van der Waals surface area (Å²) >= 11 is 0. The highest BCUT2D eigenvalue weighted by atomic mass is 14.7. The molecular formula is C19H29N. The molecule has 0 aliphatic heterocycles. The van der Waals surface area contributed by atoms with Gasteiger partial charge in [-0.25, -0.2) is 0 Å². The lowest BCUT2D eigenvalue weighted by Crippen LogP contribution is -1.72. The average molecular weight is 271 g/mol. The topological polar surface area (TPSA) is 15.8 Å². The summed E-state index contributed by atoms with van der Waals surface area (Å²) in [5, 5.41) is 0. The van der Waals surface area contributed by atoms with Gasteiger partial charge in [0.25, 0.3) is 0 Å². The van der Waals surface area contributed by atoms with E-state index in [4.69, 9.17) is 0 Å². The molecule has 110 valence electrons. The molecule has 0 atom stereocenters. The van der Waals surface area contributed by atoms with Crippen molar-refractivity contribution in [3.63, 3.8) is 0 Å². The molecule has 0 radical (unpaired) electrons. The predicted octanol–water partition coefficient (Wildman–Crippen LogP) is 6.28. The van der Waals surface area contributed by atoms with Crippen LogP contribution in [0.25, 0.3) is 6.08 Å². The summed E-state index contributed by atoms with van der Waals surface area (Å²) < 4.78 is 0. The van der Waals surface area contributed by atoms with Gasteiger partial charge in [0.1, 0.15) is 0 Å². The summed E-state index contributed by atoms with van der Waals surface area (Å²) in [6.07, 6.45) is 25.4. The summed E-state index contributed by atoms with van der Waals surface area (Å²) in [6, 6.07) is 4.11. The van der Waals surface area contributed by atoms with Crippen LogP contribution in [-0.2, 0) is 0 Å². The number of hydrogen-bond donors (Lipinski definition) is 1. The largest absolute Gasteiger partial charge is 0.362 e. The van der Waals surface area contributed by atoms with Crippen molar-refractivity contribution in [3.8, 4) is 0 Å². The molecular weight excluding hydrogens is 242 g/mol. The number of aromatic nitrogens is 1. The number of hydrogen-bond acceptors (Lipinski definition) is 0. The fraction of sp³-hybridized carbons (Fsp3) is 0.474. The molecule has 0 aromatic carbocycles. The molecule has 1 N–H and O–H groups in total. The average Bonchev–Trinajstić information content (AvgIpc) is 2.97. The lowest BCUT2D eigenvalue weighted by molar-refractivity contribution is 0.728. The molecule has 20 heavy (non-hydrogen) atoms. The first-order chi connectivity index (χ1) is 9.93. The third kappa shape index (κ3) is 9.43. The van der Waals surface area contributed by atoms with Crippen molar-refractivity contribution in [1.29, 1.82) is 0 Å². The van der Waals surface area contributed by atoms with Gasteiger partial charge in [0, 0.05) is 11.9 Å². The Bertz CT molecular complexity index is 382. The third-order valence-electron chi connectivity index (χ3n) is 3.24. The molecule has 0 aliphatic carbocycles. The summed E-state index contributed by atoms with van der Waals surface area (Å²) in [6.45, 7) is 2.25. The molecule has 0 saturated carbocycles. The standard InChI is InChI=1S/C19H29N/c1-2-3-4-5-6-7-8-9-10-11-12-13-14-16-19-17-15-18-20-19/h6-7,9-10,14-18,20H,2-5,8,11-13H2,1H3/b7-6-,10-9-,16-14+. The Balaban J connectivity index is 1.92. The van der Waals surface area contributed by atoms with Crippen LogP contribution in [0.1, 0.15) is 64.0 Å². The van der Waals surface area contributed by atoms with E-state index in [2.05, 4.69) is 54.4 Å². The highest BCUT2D eigenvalue weighted by Gasteiger charge is 1.84. The zero-order valence-electron chi connectivity index (χ0n) is 12.9. The van der Waals surface area contributed by atoms with Crippen LogP contribution >= 0.6 is 0 Å². The van der Waals surface area contributed by atoms with Gasteiger partial charge in [0.15, 0.2) is 0 Å². The molecule has 0 aliphatic rings. The number of nitrogens with one attached hydrogen (secondary N) is 1. The molecule has 1 heteroatoms. The van der Waals surface area contributed by atoms with Crippen LogP contribution in [0.15, 0.2) is 48.7 Å². The maximum atomic E-state index is 3.17. The summed E-state index contributed by atoms with van der Waals surface area (Å²) in [7, 11) is 0. The van der Waals surface area contributed by atoms with Crippen molar-refractivity contribution < 1.29 is 0 Å². The molecule has 0 spiro atoms. The molecule has 0 fully saturated rings. The Morgan fingerprint density at radius 2 is 1.65 bits per heavy atom. The van der Waals surface area contributed by atoms with E-state index in [1.54, 1.807) is 0 Å². The second-order valence-electron chi connectivity index (χ2n) is 5.13. The first-order valence-corrected chi connectivity index (χ1v) is 8.03. The fourth-order valence-corrected chi connectivity index (χ4v) is 2.03. The van der Waals surface area contributed by atoms with E-state index in [-0.39, 0.29) is 0 Å². The minimum Gasteiger partial charge on any atom is -0.362 e. The number of allylic oxidation sites excluding steroid dienone is 5. The molecule has 1 aromatic rings. The minimum absolute atomic E-state index is 1.09. The number of unbranched alkanes of at least 4 members (excludes halogenated alkanes) is 5. The van der Waals surface area contributed by atoms with Gasteiger partial charge in [-0.1, -0.05) is 50.1 Å². The van der Waals surface area contributed by atoms with Gasteiger partial charge in [0.2, 0.25) is 0 Å². The van der Waals surface area contributed by atoms with Crippen LogP contribution in [0, 0.1) is 0 Å². The minimum atomic E-state index is 1.09. The van der Waals surface area contributed by atoms with Gasteiger partial charge in [-0.15, -0.1) is 0 Å². The second kappa shape index (κ2) is 12.5. The van der Waals surface area contributed by atoms with Gasteiger partial charge in [-0.2, -0.15) is 0 Å². The van der Waals surface area contributed by atoms with Crippen molar-refractivity contribution >= 4 is 6.08 Å². The molecule has 0 amide bonds. The molecule has 1 rings (SSSR count). The van der Waals surface area contributed by atoms with Crippen molar-refractivity contribution in [2.24, 2.45) is 0 Å². The second-order valence-corrected chi connectivity index (χ2v) is 5.13. The number of H-pyrrole nitrogens is 1. The Hall–Kier alpha value is -1.50. The lowest BCUT2D eigenvalue weighted by atomic mass is 10.2. The van der Waals surface area contributed by atoms with E-state index >= 15 is 0 Å². The smallest absolute Gasteiger partial charge is 0.0377 e. The van der Waals surface area contributed by atoms with Crippen LogP contribution in [0.4, 0.5) is 0 Å². The van der Waals surface area contributed by atoms with Crippen molar-refractivity contribution in [2.45, 2.75) is 58.3 Å². The summed E-state index contributed by atoms with van der Waals surface area (Å²) in [5.74, 6) is 0. The Labute approximate surface area is 124 Å². The highest BCUT2D eigenvalue weighted by Crippen LogP contribution is 2.04. The quantitative estimate of drug-likeness (QED) is 0.360. The molecule has 1 heterocycles. The molecule has 0 unspecified atom stereocenters. The van der Waals surface area contributed by atoms with Crippen LogP contribution in [0.3, 0.4) is 0 Å². The first-order valence-electron chi connectivity index (χ1n) is 8.03. The monoisotopic (exact) mass is 271 g/mol. The number of rotatable bonds is 11. The summed E-state index contributed by atoms with van der Waals surface area (Å²) in [4.78, 5) is 3.17. The first kappa shape index (κ1) is 16.6. The normalized spacial score (nSPS) is 12.2. The maximum Gasteiger partial charge on any atom is 0.0377 e. The van der Waals surface area contributed by atoms with Crippen LogP contribution in [-0.4, -0.2) is 4.98 Å².